The minimum Gasteiger partial charge on any atom is -0.462 e. The van der Waals surface area contributed by atoms with Crippen LogP contribution in [-0.2, 0) is 11.2 Å². The Morgan fingerprint density at radius 2 is 1.90 bits per heavy atom. The summed E-state index contributed by atoms with van der Waals surface area (Å²) in [7, 11) is 0. The molecule has 0 aliphatic carbocycles. The van der Waals surface area contributed by atoms with Gasteiger partial charge in [-0.3, -0.25) is 0 Å². The molecule has 1 rings (SSSR count). The van der Waals surface area contributed by atoms with Crippen molar-refractivity contribution in [3.63, 3.8) is 0 Å². The first kappa shape index (κ1) is 17.0. The molecule has 0 amide bonds. The highest BCUT2D eigenvalue weighted by molar-refractivity contribution is 6.29. The van der Waals surface area contributed by atoms with Gasteiger partial charge in [-0.2, -0.15) is 0 Å². The van der Waals surface area contributed by atoms with E-state index in [1.165, 1.54) is 19.3 Å². The van der Waals surface area contributed by atoms with E-state index in [9.17, 15) is 4.79 Å². The molecule has 0 radical (unpaired) electrons. The van der Waals surface area contributed by atoms with Crippen LogP contribution in [0.2, 0.25) is 5.15 Å². The molecule has 3 nitrogen and oxygen atoms in total. The number of rotatable bonds is 9. The van der Waals surface area contributed by atoms with Gasteiger partial charge >= 0.3 is 5.97 Å². The molecule has 0 fully saturated rings. The van der Waals surface area contributed by atoms with Gasteiger partial charge in [-0.25, -0.2) is 9.78 Å². The van der Waals surface area contributed by atoms with E-state index in [0.717, 1.165) is 31.4 Å². The molecule has 0 aromatic carbocycles. The number of aromatic nitrogens is 1. The van der Waals surface area contributed by atoms with Crippen LogP contribution in [0.25, 0.3) is 0 Å². The Hall–Kier alpha value is -1.09. The Morgan fingerprint density at radius 1 is 1.15 bits per heavy atom. The van der Waals surface area contributed by atoms with Gasteiger partial charge in [0.2, 0.25) is 0 Å². The molecule has 1 heterocycles. The second-order valence-electron chi connectivity index (χ2n) is 4.97. The summed E-state index contributed by atoms with van der Waals surface area (Å²) in [6.07, 6.45) is 7.49. The summed E-state index contributed by atoms with van der Waals surface area (Å²) in [5.74, 6) is -0.304. The van der Waals surface area contributed by atoms with E-state index in [1.54, 1.807) is 12.1 Å². The van der Waals surface area contributed by atoms with Crippen LogP contribution in [0.5, 0.6) is 0 Å². The number of pyridine rings is 1. The standard InChI is InChI=1S/C16H24ClNO2/c1-3-5-6-7-8-10-20-16(19)13-11-14(9-4-2)18-15(17)12-13/h11-12H,3-10H2,1-2H3. The maximum atomic E-state index is 11.9. The third kappa shape index (κ3) is 6.38. The van der Waals surface area contributed by atoms with Crippen LogP contribution in [0, 0.1) is 0 Å². The lowest BCUT2D eigenvalue weighted by molar-refractivity contribution is 0.0497. The van der Waals surface area contributed by atoms with E-state index in [1.807, 2.05) is 0 Å². The van der Waals surface area contributed by atoms with Gasteiger partial charge < -0.3 is 4.74 Å². The highest BCUT2D eigenvalue weighted by Crippen LogP contribution is 2.14. The molecule has 112 valence electrons. The zero-order valence-electron chi connectivity index (χ0n) is 12.5. The lowest BCUT2D eigenvalue weighted by Crippen LogP contribution is -2.08. The number of nitrogens with zero attached hydrogens (tertiary/aromatic N) is 1. The van der Waals surface area contributed by atoms with Crippen molar-refractivity contribution in [2.75, 3.05) is 6.61 Å². The molecule has 4 heteroatoms. The molecule has 0 spiro atoms. The Morgan fingerprint density at radius 3 is 2.60 bits per heavy atom. The monoisotopic (exact) mass is 297 g/mol. The number of hydrogen-bond donors (Lipinski definition) is 0. The molecule has 20 heavy (non-hydrogen) atoms. The summed E-state index contributed by atoms with van der Waals surface area (Å²) in [5.41, 5.74) is 1.34. The third-order valence-electron chi connectivity index (χ3n) is 3.07. The average molecular weight is 298 g/mol. The van der Waals surface area contributed by atoms with Gasteiger partial charge in [-0.15, -0.1) is 0 Å². The fourth-order valence-electron chi connectivity index (χ4n) is 2.01. The fourth-order valence-corrected chi connectivity index (χ4v) is 2.23. The summed E-state index contributed by atoms with van der Waals surface area (Å²) < 4.78 is 5.27. The molecule has 0 bridgehead atoms. The van der Waals surface area contributed by atoms with E-state index in [2.05, 4.69) is 18.8 Å². The van der Waals surface area contributed by atoms with E-state index < -0.39 is 0 Å². The van der Waals surface area contributed by atoms with Crippen molar-refractivity contribution in [2.24, 2.45) is 0 Å². The zero-order valence-corrected chi connectivity index (χ0v) is 13.2. The van der Waals surface area contributed by atoms with Crippen molar-refractivity contribution in [3.05, 3.63) is 28.5 Å². The van der Waals surface area contributed by atoms with E-state index in [4.69, 9.17) is 16.3 Å². The number of carbonyl (C=O) groups excluding carboxylic acids is 1. The Kier molecular flexibility index (Phi) is 8.28. The van der Waals surface area contributed by atoms with Gasteiger partial charge in [0.15, 0.2) is 0 Å². The first-order valence-corrected chi connectivity index (χ1v) is 7.88. The highest BCUT2D eigenvalue weighted by atomic mass is 35.5. The van der Waals surface area contributed by atoms with E-state index in [-0.39, 0.29) is 5.97 Å². The van der Waals surface area contributed by atoms with Gasteiger partial charge in [0.1, 0.15) is 5.15 Å². The maximum Gasteiger partial charge on any atom is 0.338 e. The first-order valence-electron chi connectivity index (χ1n) is 7.51. The minimum absolute atomic E-state index is 0.304. The quantitative estimate of drug-likeness (QED) is 0.373. The fraction of sp³-hybridized carbons (Fsp3) is 0.625. The van der Waals surface area contributed by atoms with Gasteiger partial charge in [0.05, 0.1) is 12.2 Å². The molecule has 0 aliphatic heterocycles. The van der Waals surface area contributed by atoms with E-state index >= 15 is 0 Å². The Bertz CT molecular complexity index is 421. The summed E-state index contributed by atoms with van der Waals surface area (Å²) in [6, 6.07) is 3.34. The van der Waals surface area contributed by atoms with Crippen LogP contribution in [0.3, 0.4) is 0 Å². The number of unbranched alkanes of at least 4 members (excludes halogenated alkanes) is 4. The summed E-state index contributed by atoms with van der Waals surface area (Å²) >= 11 is 5.93. The Balaban J connectivity index is 2.42. The van der Waals surface area contributed by atoms with Crippen LogP contribution in [0.1, 0.15) is 68.4 Å². The van der Waals surface area contributed by atoms with E-state index in [0.29, 0.717) is 17.3 Å². The molecule has 0 unspecified atom stereocenters. The second kappa shape index (κ2) is 9.76. The highest BCUT2D eigenvalue weighted by Gasteiger charge is 2.10. The number of hydrogen-bond acceptors (Lipinski definition) is 3. The molecule has 0 atom stereocenters. The molecule has 0 N–H and O–H groups in total. The smallest absolute Gasteiger partial charge is 0.338 e. The van der Waals surface area contributed by atoms with Crippen molar-refractivity contribution >= 4 is 17.6 Å². The molecule has 0 saturated heterocycles. The van der Waals surface area contributed by atoms with Crippen LogP contribution in [0.15, 0.2) is 12.1 Å². The van der Waals surface area contributed by atoms with Crippen molar-refractivity contribution in [1.82, 2.24) is 4.98 Å². The summed E-state index contributed by atoms with van der Waals surface area (Å²) in [4.78, 5) is 16.1. The van der Waals surface area contributed by atoms with Crippen molar-refractivity contribution in [1.29, 1.82) is 0 Å². The van der Waals surface area contributed by atoms with Crippen LogP contribution >= 0.6 is 11.6 Å². The molecular formula is C16H24ClNO2. The maximum absolute atomic E-state index is 11.9. The molecule has 1 aromatic rings. The Labute approximate surface area is 126 Å². The van der Waals surface area contributed by atoms with Crippen molar-refractivity contribution in [2.45, 2.75) is 58.8 Å². The number of carbonyl (C=O) groups is 1. The first-order chi connectivity index (χ1) is 9.67. The second-order valence-corrected chi connectivity index (χ2v) is 5.36. The van der Waals surface area contributed by atoms with Crippen molar-refractivity contribution < 1.29 is 9.53 Å². The number of aryl methyl sites for hydroxylation is 1. The van der Waals surface area contributed by atoms with Gasteiger partial charge in [-0.05, 0) is 25.0 Å². The number of esters is 1. The van der Waals surface area contributed by atoms with Gasteiger partial charge in [-0.1, -0.05) is 57.6 Å². The average Bonchev–Trinajstić information content (AvgIpc) is 2.42. The van der Waals surface area contributed by atoms with Crippen LogP contribution in [-0.4, -0.2) is 17.6 Å². The SMILES string of the molecule is CCCCCCCOC(=O)c1cc(Cl)nc(CCC)c1. The molecule has 1 aromatic heterocycles. The van der Waals surface area contributed by atoms with Crippen LogP contribution in [0.4, 0.5) is 0 Å². The van der Waals surface area contributed by atoms with Gasteiger partial charge in [0.25, 0.3) is 0 Å². The minimum atomic E-state index is -0.304. The molecule has 0 aliphatic rings. The zero-order chi connectivity index (χ0) is 14.8. The third-order valence-corrected chi connectivity index (χ3v) is 3.26. The predicted octanol–water partition coefficient (Wildman–Crippen LogP) is 4.81. The van der Waals surface area contributed by atoms with Gasteiger partial charge in [0, 0.05) is 5.69 Å². The predicted molar refractivity (Wildman–Crippen MR) is 82.3 cm³/mol. The summed E-state index contributed by atoms with van der Waals surface area (Å²) in [6.45, 7) is 4.73. The topological polar surface area (TPSA) is 39.2 Å². The normalized spacial score (nSPS) is 10.6. The summed E-state index contributed by atoms with van der Waals surface area (Å²) in [5, 5.41) is 0.353. The number of ether oxygens (including phenoxy) is 1. The van der Waals surface area contributed by atoms with Crippen molar-refractivity contribution in [3.8, 4) is 0 Å². The lowest BCUT2D eigenvalue weighted by Gasteiger charge is -2.07. The van der Waals surface area contributed by atoms with Crippen LogP contribution < -0.4 is 0 Å². The lowest BCUT2D eigenvalue weighted by atomic mass is 10.1. The number of halogens is 1. The molecule has 0 saturated carbocycles. The largest absolute Gasteiger partial charge is 0.462 e. The molecular weight excluding hydrogens is 274 g/mol.